The highest BCUT2D eigenvalue weighted by Crippen LogP contribution is 2.23. The number of carbonyl (C=O) groups excluding carboxylic acids is 1. The average Bonchev–Trinajstić information content (AvgIpc) is 2.59. The Balaban J connectivity index is 2.65. The van der Waals surface area contributed by atoms with Crippen LogP contribution in [-0.2, 0) is 4.74 Å². The lowest BCUT2D eigenvalue weighted by Crippen LogP contribution is -2.47. The van der Waals surface area contributed by atoms with Gasteiger partial charge < -0.3 is 20.1 Å². The molecule has 1 rings (SSSR count). The van der Waals surface area contributed by atoms with E-state index in [-0.39, 0.29) is 18.2 Å². The van der Waals surface area contributed by atoms with Crippen LogP contribution in [0.15, 0.2) is 0 Å². The van der Waals surface area contributed by atoms with Gasteiger partial charge in [0.1, 0.15) is 5.60 Å². The van der Waals surface area contributed by atoms with E-state index in [1.165, 1.54) is 6.42 Å². The van der Waals surface area contributed by atoms with Crippen LogP contribution in [0.5, 0.6) is 0 Å². The molecule has 2 atom stereocenters. The van der Waals surface area contributed by atoms with Gasteiger partial charge >= 0.3 is 6.09 Å². The number of hydrogen-bond donors (Lipinski definition) is 2. The van der Waals surface area contributed by atoms with Crippen LogP contribution in [0.4, 0.5) is 4.79 Å². The maximum absolute atomic E-state index is 12.5. The molecule has 1 heterocycles. The third kappa shape index (κ3) is 8.56. The molecule has 1 aliphatic rings. The number of hydrogen-bond acceptors (Lipinski definition) is 4. The van der Waals surface area contributed by atoms with Gasteiger partial charge in [-0.3, -0.25) is 0 Å². The largest absolute Gasteiger partial charge is 0.444 e. The molecule has 23 heavy (non-hydrogen) atoms. The number of nitrogens with zero attached hydrogens (tertiary/aromatic N) is 1. The van der Waals surface area contributed by atoms with Gasteiger partial charge in [-0.1, -0.05) is 12.8 Å². The summed E-state index contributed by atoms with van der Waals surface area (Å²) in [5, 5.41) is 13.2. The summed E-state index contributed by atoms with van der Waals surface area (Å²) in [5.74, 6) is 0. The quantitative estimate of drug-likeness (QED) is 0.813. The highest BCUT2D eigenvalue weighted by molar-refractivity contribution is 5.68. The number of rotatable bonds is 5. The van der Waals surface area contributed by atoms with Crippen LogP contribution in [0.25, 0.3) is 0 Å². The fourth-order valence-corrected chi connectivity index (χ4v) is 2.90. The summed E-state index contributed by atoms with van der Waals surface area (Å²) in [6, 6.07) is 0.450. The van der Waals surface area contributed by atoms with Gasteiger partial charge in [-0.05, 0) is 60.8 Å². The molecule has 0 aliphatic carbocycles. The average molecular weight is 328 g/mol. The van der Waals surface area contributed by atoms with E-state index in [2.05, 4.69) is 12.2 Å². The van der Waals surface area contributed by atoms with Gasteiger partial charge in [0.05, 0.1) is 5.60 Å². The Hall–Kier alpha value is -0.810. The Labute approximate surface area is 141 Å². The summed E-state index contributed by atoms with van der Waals surface area (Å²) in [7, 11) is 0. The number of aliphatic hydroxyl groups is 1. The Bertz CT molecular complexity index is 371. The molecule has 0 aromatic rings. The second-order valence-corrected chi connectivity index (χ2v) is 8.51. The monoisotopic (exact) mass is 328 g/mol. The minimum atomic E-state index is -0.720. The predicted octanol–water partition coefficient (Wildman–Crippen LogP) is 3.31. The molecular weight excluding hydrogens is 292 g/mol. The van der Waals surface area contributed by atoms with Gasteiger partial charge in [-0.25, -0.2) is 4.79 Å². The summed E-state index contributed by atoms with van der Waals surface area (Å²) in [6.07, 6.45) is 5.08. The van der Waals surface area contributed by atoms with E-state index < -0.39 is 11.2 Å². The number of nitrogens with one attached hydrogen (secondary N) is 1. The smallest absolute Gasteiger partial charge is 0.410 e. The van der Waals surface area contributed by atoms with Crippen molar-refractivity contribution in [1.82, 2.24) is 10.2 Å². The van der Waals surface area contributed by atoms with Crippen molar-refractivity contribution in [3.8, 4) is 0 Å². The molecule has 0 saturated carbocycles. The molecule has 1 fully saturated rings. The number of likely N-dealkylation sites (tertiary alicyclic amines) is 1. The molecule has 0 radical (unpaired) electrons. The third-order valence-electron chi connectivity index (χ3n) is 4.01. The van der Waals surface area contributed by atoms with E-state index in [4.69, 9.17) is 4.74 Å². The van der Waals surface area contributed by atoms with E-state index in [9.17, 15) is 9.90 Å². The first-order valence-corrected chi connectivity index (χ1v) is 8.93. The van der Waals surface area contributed by atoms with E-state index in [1.54, 1.807) is 13.8 Å². The lowest BCUT2D eigenvalue weighted by Gasteiger charge is -2.34. The van der Waals surface area contributed by atoms with Crippen molar-refractivity contribution >= 4 is 6.09 Å². The fraction of sp³-hybridized carbons (Fsp3) is 0.944. The van der Waals surface area contributed by atoms with Gasteiger partial charge in [-0.2, -0.15) is 0 Å². The molecule has 0 bridgehead atoms. The molecule has 2 N–H and O–H groups in total. The molecular formula is C18H36N2O3. The topological polar surface area (TPSA) is 61.8 Å². The Morgan fingerprint density at radius 3 is 2.48 bits per heavy atom. The van der Waals surface area contributed by atoms with E-state index in [0.717, 1.165) is 32.2 Å². The molecule has 1 amide bonds. The first kappa shape index (κ1) is 20.2. The summed E-state index contributed by atoms with van der Waals surface area (Å²) in [6.45, 7) is 12.8. The molecule has 136 valence electrons. The second-order valence-electron chi connectivity index (χ2n) is 8.51. The van der Waals surface area contributed by atoms with Crippen LogP contribution in [0.3, 0.4) is 0 Å². The SMILES string of the molecule is CC(CC1CCCCCN1C(=O)OC(C)(C)C)NCC(C)(C)O. The summed E-state index contributed by atoms with van der Waals surface area (Å²) >= 11 is 0. The van der Waals surface area contributed by atoms with Gasteiger partial charge in [0.25, 0.3) is 0 Å². The second kappa shape index (κ2) is 8.34. The Morgan fingerprint density at radius 2 is 1.91 bits per heavy atom. The summed E-state index contributed by atoms with van der Waals surface area (Å²) in [4.78, 5) is 14.4. The molecule has 0 aromatic heterocycles. The fourth-order valence-electron chi connectivity index (χ4n) is 2.90. The number of amides is 1. The normalized spacial score (nSPS) is 21.7. The van der Waals surface area contributed by atoms with Crippen LogP contribution in [0.1, 0.15) is 73.6 Å². The molecule has 0 aromatic carbocycles. The van der Waals surface area contributed by atoms with Crippen LogP contribution in [-0.4, -0.2) is 52.5 Å². The third-order valence-corrected chi connectivity index (χ3v) is 4.01. The minimum absolute atomic E-state index is 0.195. The Morgan fingerprint density at radius 1 is 1.26 bits per heavy atom. The standard InChI is InChI=1S/C18H36N2O3/c1-14(19-13-18(5,6)22)12-15-10-8-7-9-11-20(15)16(21)23-17(2,3)4/h14-15,19,22H,7-13H2,1-6H3. The zero-order valence-electron chi connectivity index (χ0n) is 15.8. The summed E-state index contributed by atoms with van der Waals surface area (Å²) < 4.78 is 5.59. The van der Waals surface area contributed by atoms with Gasteiger partial charge in [0.2, 0.25) is 0 Å². The van der Waals surface area contributed by atoms with E-state index in [0.29, 0.717) is 6.54 Å². The van der Waals surface area contributed by atoms with E-state index >= 15 is 0 Å². The van der Waals surface area contributed by atoms with Crippen LogP contribution in [0.2, 0.25) is 0 Å². The first-order chi connectivity index (χ1) is 10.5. The van der Waals surface area contributed by atoms with Crippen molar-refractivity contribution in [2.24, 2.45) is 0 Å². The maximum Gasteiger partial charge on any atom is 0.410 e. The van der Waals surface area contributed by atoms with Crippen molar-refractivity contribution in [3.05, 3.63) is 0 Å². The molecule has 5 heteroatoms. The summed E-state index contributed by atoms with van der Waals surface area (Å²) in [5.41, 5.74) is -1.18. The van der Waals surface area contributed by atoms with Crippen molar-refractivity contribution in [2.45, 2.75) is 96.9 Å². The zero-order chi connectivity index (χ0) is 17.7. The zero-order valence-corrected chi connectivity index (χ0v) is 15.8. The van der Waals surface area contributed by atoms with Gasteiger partial charge in [0, 0.05) is 25.2 Å². The lowest BCUT2D eigenvalue weighted by atomic mass is 10.0. The predicted molar refractivity (Wildman–Crippen MR) is 93.6 cm³/mol. The van der Waals surface area contributed by atoms with Crippen molar-refractivity contribution in [2.75, 3.05) is 13.1 Å². The highest BCUT2D eigenvalue weighted by atomic mass is 16.6. The number of carbonyl (C=O) groups is 1. The molecule has 2 unspecified atom stereocenters. The van der Waals surface area contributed by atoms with Crippen LogP contribution < -0.4 is 5.32 Å². The molecule has 1 aliphatic heterocycles. The van der Waals surface area contributed by atoms with Crippen LogP contribution >= 0.6 is 0 Å². The maximum atomic E-state index is 12.5. The van der Waals surface area contributed by atoms with E-state index in [1.807, 2.05) is 25.7 Å². The molecule has 5 nitrogen and oxygen atoms in total. The minimum Gasteiger partial charge on any atom is -0.444 e. The van der Waals surface area contributed by atoms with Crippen molar-refractivity contribution < 1.29 is 14.6 Å². The highest BCUT2D eigenvalue weighted by Gasteiger charge is 2.30. The molecule has 1 saturated heterocycles. The lowest BCUT2D eigenvalue weighted by molar-refractivity contribution is 0.0144. The number of ether oxygens (including phenoxy) is 1. The Kier molecular flexibility index (Phi) is 7.33. The van der Waals surface area contributed by atoms with Gasteiger partial charge in [-0.15, -0.1) is 0 Å². The molecule has 0 spiro atoms. The first-order valence-electron chi connectivity index (χ1n) is 8.93. The van der Waals surface area contributed by atoms with Crippen LogP contribution in [0, 0.1) is 0 Å². The van der Waals surface area contributed by atoms with Gasteiger partial charge in [0.15, 0.2) is 0 Å². The van der Waals surface area contributed by atoms with Crippen molar-refractivity contribution in [3.63, 3.8) is 0 Å². The van der Waals surface area contributed by atoms with Crippen molar-refractivity contribution in [1.29, 1.82) is 0 Å².